The maximum Gasteiger partial charge on any atom is 0.337 e. The second kappa shape index (κ2) is 5.97. The molecule has 0 heterocycles. The van der Waals surface area contributed by atoms with Gasteiger partial charge in [-0.25, -0.2) is 4.79 Å². The third kappa shape index (κ3) is 3.54. The number of benzene rings is 1. The molecule has 1 aromatic rings. The first-order valence-corrected chi connectivity index (χ1v) is 7.05. The van der Waals surface area contributed by atoms with E-state index in [1.807, 2.05) is 6.92 Å². The molecule has 1 aromatic carbocycles. The van der Waals surface area contributed by atoms with Crippen LogP contribution in [0.2, 0.25) is 0 Å². The largest absolute Gasteiger partial charge is 0.465 e. The van der Waals surface area contributed by atoms with Gasteiger partial charge in [-0.2, -0.15) is 8.42 Å². The lowest BCUT2D eigenvalue weighted by atomic mass is 10.1. The van der Waals surface area contributed by atoms with Crippen molar-refractivity contribution < 1.29 is 22.5 Å². The van der Waals surface area contributed by atoms with Gasteiger partial charge in [0.05, 0.1) is 12.7 Å². The van der Waals surface area contributed by atoms with Crippen molar-refractivity contribution in [2.24, 2.45) is 0 Å². The Bertz CT molecular complexity index is 504. The zero-order valence-electron chi connectivity index (χ0n) is 10.3. The Kier molecular flexibility index (Phi) is 4.86. The van der Waals surface area contributed by atoms with E-state index in [0.717, 1.165) is 0 Å². The third-order valence-corrected chi connectivity index (χ3v) is 3.84. The monoisotopic (exact) mass is 272 g/mol. The van der Waals surface area contributed by atoms with Gasteiger partial charge in [0, 0.05) is 0 Å². The Balaban J connectivity index is 3.05. The van der Waals surface area contributed by atoms with Crippen molar-refractivity contribution in [3.05, 3.63) is 35.4 Å². The van der Waals surface area contributed by atoms with E-state index in [2.05, 4.69) is 4.74 Å². The zero-order valence-corrected chi connectivity index (χ0v) is 11.1. The van der Waals surface area contributed by atoms with E-state index in [-0.39, 0.29) is 0 Å². The first-order chi connectivity index (χ1) is 8.40. The lowest BCUT2D eigenvalue weighted by molar-refractivity contribution is 0.0600. The molecule has 1 N–H and O–H groups in total. The standard InChI is InChI=1S/C12H16O5S/c1-3-4-11(18(14,15)16)9-5-7-10(8-6-9)12(13)17-2/h5-8,11H,3-4H2,1-2H3,(H,14,15,16). The number of carbonyl (C=O) groups is 1. The number of hydrogen-bond acceptors (Lipinski definition) is 4. The summed E-state index contributed by atoms with van der Waals surface area (Å²) in [6, 6.07) is 5.99. The molecule has 0 fully saturated rings. The molecule has 0 saturated carbocycles. The number of methoxy groups -OCH3 is 1. The van der Waals surface area contributed by atoms with Gasteiger partial charge in [-0.15, -0.1) is 0 Å². The SMILES string of the molecule is CCCC(c1ccc(C(=O)OC)cc1)S(=O)(=O)O. The Labute approximate surface area is 107 Å². The van der Waals surface area contributed by atoms with Crippen LogP contribution in [0.4, 0.5) is 0 Å². The van der Waals surface area contributed by atoms with Gasteiger partial charge < -0.3 is 4.74 Å². The Hall–Kier alpha value is -1.40. The summed E-state index contributed by atoms with van der Waals surface area (Å²) in [4.78, 5) is 11.2. The fraction of sp³-hybridized carbons (Fsp3) is 0.417. The quantitative estimate of drug-likeness (QED) is 0.656. The van der Waals surface area contributed by atoms with E-state index in [1.165, 1.54) is 31.4 Å². The molecule has 100 valence electrons. The predicted molar refractivity (Wildman–Crippen MR) is 67.0 cm³/mol. The van der Waals surface area contributed by atoms with Gasteiger partial charge in [-0.3, -0.25) is 4.55 Å². The van der Waals surface area contributed by atoms with Crippen molar-refractivity contribution in [3.8, 4) is 0 Å². The van der Waals surface area contributed by atoms with Gasteiger partial charge in [-0.05, 0) is 24.1 Å². The van der Waals surface area contributed by atoms with Crippen molar-refractivity contribution in [3.63, 3.8) is 0 Å². The summed E-state index contributed by atoms with van der Waals surface area (Å²) in [6.07, 6.45) is 0.958. The van der Waals surface area contributed by atoms with Crippen LogP contribution in [0, 0.1) is 0 Å². The molecule has 5 nitrogen and oxygen atoms in total. The molecule has 0 aliphatic heterocycles. The van der Waals surface area contributed by atoms with Gasteiger partial charge in [0.2, 0.25) is 0 Å². The summed E-state index contributed by atoms with van der Waals surface area (Å²) in [5, 5.41) is -0.950. The van der Waals surface area contributed by atoms with Crippen molar-refractivity contribution in [2.75, 3.05) is 7.11 Å². The summed E-state index contributed by atoms with van der Waals surface area (Å²) in [5.41, 5.74) is 0.804. The second-order valence-corrected chi connectivity index (χ2v) is 5.50. The molecule has 1 rings (SSSR count). The van der Waals surface area contributed by atoms with Crippen LogP contribution in [0.3, 0.4) is 0 Å². The number of rotatable bonds is 5. The molecule has 0 saturated heterocycles. The average Bonchev–Trinajstić information content (AvgIpc) is 2.34. The molecule has 0 aliphatic carbocycles. The molecule has 0 radical (unpaired) electrons. The number of hydrogen-bond donors (Lipinski definition) is 1. The average molecular weight is 272 g/mol. The van der Waals surface area contributed by atoms with Crippen LogP contribution in [-0.4, -0.2) is 26.0 Å². The highest BCUT2D eigenvalue weighted by molar-refractivity contribution is 7.86. The minimum Gasteiger partial charge on any atom is -0.465 e. The van der Waals surface area contributed by atoms with Crippen LogP contribution in [0.25, 0.3) is 0 Å². The van der Waals surface area contributed by atoms with E-state index in [1.54, 1.807) is 0 Å². The maximum atomic E-state index is 11.3. The molecule has 0 amide bonds. The predicted octanol–water partition coefficient (Wildman–Crippen LogP) is 2.20. The smallest absolute Gasteiger partial charge is 0.337 e. The third-order valence-electron chi connectivity index (χ3n) is 2.61. The Morgan fingerprint density at radius 1 is 1.33 bits per heavy atom. The lowest BCUT2D eigenvalue weighted by Crippen LogP contribution is -2.12. The topological polar surface area (TPSA) is 80.7 Å². The summed E-state index contributed by atoms with van der Waals surface area (Å²) in [5.74, 6) is -0.486. The van der Waals surface area contributed by atoms with E-state index in [0.29, 0.717) is 24.0 Å². The zero-order chi connectivity index (χ0) is 13.8. The first kappa shape index (κ1) is 14.7. The Morgan fingerprint density at radius 3 is 2.28 bits per heavy atom. The van der Waals surface area contributed by atoms with Crippen molar-refractivity contribution in [2.45, 2.75) is 25.0 Å². The fourth-order valence-electron chi connectivity index (χ4n) is 1.70. The van der Waals surface area contributed by atoms with Crippen LogP contribution < -0.4 is 0 Å². The summed E-state index contributed by atoms with van der Waals surface area (Å²) in [6.45, 7) is 1.83. The molecule has 6 heteroatoms. The number of carbonyl (C=O) groups excluding carboxylic acids is 1. The van der Waals surface area contributed by atoms with E-state index in [9.17, 15) is 13.2 Å². The molecule has 0 bridgehead atoms. The molecule has 0 spiro atoms. The highest BCUT2D eigenvalue weighted by Crippen LogP contribution is 2.26. The molecular formula is C12H16O5S. The van der Waals surface area contributed by atoms with E-state index >= 15 is 0 Å². The molecule has 1 unspecified atom stereocenters. The highest BCUT2D eigenvalue weighted by atomic mass is 32.2. The van der Waals surface area contributed by atoms with Crippen LogP contribution in [0.1, 0.15) is 40.9 Å². The first-order valence-electron chi connectivity index (χ1n) is 5.54. The summed E-state index contributed by atoms with van der Waals surface area (Å²) in [7, 11) is -2.86. The minimum absolute atomic E-state index is 0.330. The minimum atomic E-state index is -4.13. The van der Waals surface area contributed by atoms with E-state index in [4.69, 9.17) is 4.55 Å². The summed E-state index contributed by atoms with van der Waals surface area (Å²) < 4.78 is 36.2. The van der Waals surface area contributed by atoms with Gasteiger partial charge in [-0.1, -0.05) is 25.5 Å². The van der Waals surface area contributed by atoms with Crippen molar-refractivity contribution in [1.29, 1.82) is 0 Å². The van der Waals surface area contributed by atoms with Gasteiger partial charge >= 0.3 is 5.97 Å². The Morgan fingerprint density at radius 2 is 1.89 bits per heavy atom. The normalized spacial score (nSPS) is 13.1. The maximum absolute atomic E-state index is 11.3. The molecule has 0 aliphatic rings. The van der Waals surface area contributed by atoms with E-state index < -0.39 is 21.3 Å². The van der Waals surface area contributed by atoms with Crippen LogP contribution >= 0.6 is 0 Å². The molecule has 1 atom stereocenters. The highest BCUT2D eigenvalue weighted by Gasteiger charge is 2.24. The lowest BCUT2D eigenvalue weighted by Gasteiger charge is -2.13. The molecular weight excluding hydrogens is 256 g/mol. The number of esters is 1. The van der Waals surface area contributed by atoms with Crippen molar-refractivity contribution in [1.82, 2.24) is 0 Å². The van der Waals surface area contributed by atoms with Crippen molar-refractivity contribution >= 4 is 16.1 Å². The molecule has 0 aromatic heterocycles. The van der Waals surface area contributed by atoms with Gasteiger partial charge in [0.1, 0.15) is 5.25 Å². The van der Waals surface area contributed by atoms with Crippen LogP contribution in [-0.2, 0) is 14.9 Å². The second-order valence-electron chi connectivity index (χ2n) is 3.91. The van der Waals surface area contributed by atoms with Gasteiger partial charge in [0.25, 0.3) is 10.1 Å². The molecule has 18 heavy (non-hydrogen) atoms. The van der Waals surface area contributed by atoms with Crippen LogP contribution in [0.5, 0.6) is 0 Å². The van der Waals surface area contributed by atoms with Gasteiger partial charge in [0.15, 0.2) is 0 Å². The number of ether oxygens (including phenoxy) is 1. The van der Waals surface area contributed by atoms with Crippen LogP contribution in [0.15, 0.2) is 24.3 Å². The summed E-state index contributed by atoms with van der Waals surface area (Å²) >= 11 is 0. The fourth-order valence-corrected chi connectivity index (χ4v) is 2.74.